The Balaban J connectivity index is 1.82. The van der Waals surface area contributed by atoms with Crippen molar-refractivity contribution < 1.29 is 18.3 Å². The fourth-order valence-corrected chi connectivity index (χ4v) is 2.45. The van der Waals surface area contributed by atoms with E-state index in [1.807, 2.05) is 30.3 Å². The number of nitrogens with zero attached hydrogens (tertiary/aromatic N) is 5. The summed E-state index contributed by atoms with van der Waals surface area (Å²) in [6.07, 6.45) is 2.55. The molecular formula is C20H19F2N5O2. The first-order valence-corrected chi connectivity index (χ1v) is 8.61. The van der Waals surface area contributed by atoms with Crippen molar-refractivity contribution in [3.63, 3.8) is 0 Å². The maximum atomic E-state index is 13.9. The van der Waals surface area contributed by atoms with E-state index in [0.29, 0.717) is 23.8 Å². The number of aromatic nitrogens is 4. The zero-order valence-electron chi connectivity index (χ0n) is 15.9. The first-order valence-electron chi connectivity index (χ1n) is 8.61. The second-order valence-electron chi connectivity index (χ2n) is 6.03. The van der Waals surface area contributed by atoms with Crippen molar-refractivity contribution in [2.45, 2.75) is 19.6 Å². The molecule has 0 amide bonds. The zero-order chi connectivity index (χ0) is 20.9. The Morgan fingerprint density at radius 3 is 2.69 bits per heavy atom. The molecule has 2 heterocycles. The molecule has 0 fully saturated rings. The summed E-state index contributed by atoms with van der Waals surface area (Å²) in [5.74, 6) is -0.299. The number of rotatable bonds is 8. The molecule has 0 saturated carbocycles. The van der Waals surface area contributed by atoms with Crippen LogP contribution in [-0.2, 0) is 22.2 Å². The second-order valence-corrected chi connectivity index (χ2v) is 6.03. The van der Waals surface area contributed by atoms with Gasteiger partial charge in [-0.15, -0.1) is 10.2 Å². The molecule has 0 radical (unpaired) electrons. The van der Waals surface area contributed by atoms with Crippen molar-refractivity contribution in [3.05, 3.63) is 77.8 Å². The Kier molecular flexibility index (Phi) is 6.08. The standard InChI is InChI=1S/C20H19F2N5O2/c1-14(9-10-18(23-2)29-13-15-7-5-4-6-8-15)16-12-27-17(11-24-16)25-26-19(27)20(21,22)28-3/h4-12H,2,13H2,1,3H3/b14-9+,18-10+. The minimum absolute atomic E-state index is 0.184. The van der Waals surface area contributed by atoms with Gasteiger partial charge in [0.15, 0.2) is 5.65 Å². The molecule has 3 aromatic rings. The Morgan fingerprint density at radius 2 is 2.00 bits per heavy atom. The van der Waals surface area contributed by atoms with Crippen molar-refractivity contribution in [2.75, 3.05) is 7.11 Å². The first-order chi connectivity index (χ1) is 13.9. The number of hydrogen-bond acceptors (Lipinski definition) is 6. The van der Waals surface area contributed by atoms with Gasteiger partial charge in [-0.3, -0.25) is 9.38 Å². The van der Waals surface area contributed by atoms with Crippen LogP contribution in [0.4, 0.5) is 8.78 Å². The third kappa shape index (κ3) is 4.69. The smallest absolute Gasteiger partial charge is 0.417 e. The van der Waals surface area contributed by atoms with Gasteiger partial charge in [0.05, 0.1) is 11.9 Å². The fourth-order valence-electron chi connectivity index (χ4n) is 2.45. The van der Waals surface area contributed by atoms with E-state index in [1.54, 1.807) is 19.1 Å². The molecular weight excluding hydrogens is 380 g/mol. The highest BCUT2D eigenvalue weighted by atomic mass is 19.3. The minimum atomic E-state index is -3.57. The number of aliphatic imine (C=N–C) groups is 1. The predicted molar refractivity (Wildman–Crippen MR) is 104 cm³/mol. The Bertz CT molecular complexity index is 1060. The average molecular weight is 399 g/mol. The molecule has 0 spiro atoms. The van der Waals surface area contributed by atoms with Crippen LogP contribution in [0.5, 0.6) is 0 Å². The number of alkyl halides is 2. The lowest BCUT2D eigenvalue weighted by atomic mass is 10.2. The average Bonchev–Trinajstić information content (AvgIpc) is 3.18. The van der Waals surface area contributed by atoms with Gasteiger partial charge in [-0.2, -0.15) is 8.78 Å². The van der Waals surface area contributed by atoms with Crippen molar-refractivity contribution in [2.24, 2.45) is 4.99 Å². The number of halogens is 2. The topological polar surface area (TPSA) is 73.9 Å². The van der Waals surface area contributed by atoms with Crippen LogP contribution < -0.4 is 0 Å². The molecule has 0 bridgehead atoms. The molecule has 150 valence electrons. The molecule has 3 rings (SSSR count). The predicted octanol–water partition coefficient (Wildman–Crippen LogP) is 3.98. The molecule has 0 aliphatic heterocycles. The van der Waals surface area contributed by atoms with Gasteiger partial charge in [0.25, 0.3) is 0 Å². The van der Waals surface area contributed by atoms with E-state index in [4.69, 9.17) is 4.74 Å². The van der Waals surface area contributed by atoms with Gasteiger partial charge in [-0.25, -0.2) is 4.99 Å². The highest BCUT2D eigenvalue weighted by molar-refractivity contribution is 5.62. The number of ether oxygens (including phenoxy) is 2. The van der Waals surface area contributed by atoms with Gasteiger partial charge >= 0.3 is 6.11 Å². The van der Waals surface area contributed by atoms with Crippen molar-refractivity contribution in [1.29, 1.82) is 0 Å². The molecule has 0 atom stereocenters. The van der Waals surface area contributed by atoms with Gasteiger partial charge in [0.1, 0.15) is 6.61 Å². The van der Waals surface area contributed by atoms with E-state index in [9.17, 15) is 8.78 Å². The highest BCUT2D eigenvalue weighted by Gasteiger charge is 2.37. The van der Waals surface area contributed by atoms with Crippen LogP contribution in [-0.4, -0.2) is 33.4 Å². The SMILES string of the molecule is C=N/C(=C\C=C(/C)c1cn2c(C(F)(F)OC)nnc2cn1)OCc1ccccc1. The summed E-state index contributed by atoms with van der Waals surface area (Å²) in [5, 5.41) is 7.19. The lowest BCUT2D eigenvalue weighted by molar-refractivity contribution is -0.237. The van der Waals surface area contributed by atoms with E-state index in [0.717, 1.165) is 17.1 Å². The minimum Gasteiger partial charge on any atom is -0.473 e. The maximum absolute atomic E-state index is 13.9. The fraction of sp³-hybridized carbons (Fsp3) is 0.200. The van der Waals surface area contributed by atoms with Crippen LogP contribution in [0.2, 0.25) is 0 Å². The van der Waals surface area contributed by atoms with E-state index < -0.39 is 11.9 Å². The van der Waals surface area contributed by atoms with E-state index in [2.05, 4.69) is 31.6 Å². The van der Waals surface area contributed by atoms with E-state index in [-0.39, 0.29) is 5.65 Å². The number of benzene rings is 1. The van der Waals surface area contributed by atoms with Crippen LogP contribution in [0, 0.1) is 0 Å². The molecule has 0 aliphatic carbocycles. The van der Waals surface area contributed by atoms with Crippen LogP contribution in [0.15, 0.2) is 65.8 Å². The summed E-state index contributed by atoms with van der Waals surface area (Å²) in [7, 11) is 0.901. The zero-order valence-corrected chi connectivity index (χ0v) is 15.9. The number of methoxy groups -OCH3 is 1. The summed E-state index contributed by atoms with van der Waals surface area (Å²) in [6.45, 7) is 5.62. The summed E-state index contributed by atoms with van der Waals surface area (Å²) in [4.78, 5) is 8.08. The lowest BCUT2D eigenvalue weighted by Crippen LogP contribution is -2.19. The molecule has 29 heavy (non-hydrogen) atoms. The molecule has 0 unspecified atom stereocenters. The number of hydrogen-bond donors (Lipinski definition) is 0. The molecule has 0 N–H and O–H groups in total. The summed E-state index contributed by atoms with van der Waals surface area (Å²) in [5.41, 5.74) is 2.32. The molecule has 9 heteroatoms. The molecule has 1 aromatic carbocycles. The number of allylic oxidation sites excluding steroid dienone is 3. The Hall–Kier alpha value is -3.46. The van der Waals surface area contributed by atoms with Crippen LogP contribution in [0.1, 0.15) is 24.0 Å². The maximum Gasteiger partial charge on any atom is 0.417 e. The molecule has 0 aliphatic rings. The quantitative estimate of drug-likeness (QED) is 0.325. The highest BCUT2D eigenvalue weighted by Crippen LogP contribution is 2.27. The van der Waals surface area contributed by atoms with Crippen LogP contribution >= 0.6 is 0 Å². The Morgan fingerprint density at radius 1 is 1.24 bits per heavy atom. The lowest BCUT2D eigenvalue weighted by Gasteiger charge is -2.11. The van der Waals surface area contributed by atoms with Gasteiger partial charge in [-0.05, 0) is 24.8 Å². The third-order valence-electron chi connectivity index (χ3n) is 4.07. The van der Waals surface area contributed by atoms with Crippen LogP contribution in [0.25, 0.3) is 11.2 Å². The van der Waals surface area contributed by atoms with Gasteiger partial charge in [0.2, 0.25) is 11.7 Å². The molecule has 0 saturated heterocycles. The van der Waals surface area contributed by atoms with E-state index >= 15 is 0 Å². The normalized spacial score (nSPS) is 13.0. The summed E-state index contributed by atoms with van der Waals surface area (Å²) < 4.78 is 38.7. The van der Waals surface area contributed by atoms with E-state index in [1.165, 1.54) is 12.4 Å². The monoisotopic (exact) mass is 399 g/mol. The largest absolute Gasteiger partial charge is 0.473 e. The summed E-state index contributed by atoms with van der Waals surface area (Å²) >= 11 is 0. The third-order valence-corrected chi connectivity index (χ3v) is 4.07. The summed E-state index contributed by atoms with van der Waals surface area (Å²) in [6, 6.07) is 9.63. The van der Waals surface area contributed by atoms with Crippen molar-refractivity contribution in [1.82, 2.24) is 19.6 Å². The second kappa shape index (κ2) is 8.70. The first kappa shape index (κ1) is 20.3. The van der Waals surface area contributed by atoms with Gasteiger partial charge < -0.3 is 9.47 Å². The van der Waals surface area contributed by atoms with Gasteiger partial charge in [-0.1, -0.05) is 36.4 Å². The van der Waals surface area contributed by atoms with Crippen LogP contribution in [0.3, 0.4) is 0 Å². The Labute approximate surface area is 166 Å². The molecule has 7 nitrogen and oxygen atoms in total. The van der Waals surface area contributed by atoms with Crippen molar-refractivity contribution in [3.8, 4) is 0 Å². The van der Waals surface area contributed by atoms with Crippen molar-refractivity contribution >= 4 is 17.9 Å². The molecule has 2 aromatic heterocycles. The van der Waals surface area contributed by atoms with Gasteiger partial charge in [0, 0.05) is 19.4 Å². The number of fused-ring (bicyclic) bond motifs is 1.